The summed E-state index contributed by atoms with van der Waals surface area (Å²) in [7, 11) is 3.96. The van der Waals surface area contributed by atoms with Crippen LogP contribution in [0, 0.1) is 22.7 Å². The quantitative estimate of drug-likeness (QED) is 0.178. The minimum atomic E-state index is -4.88. The molecule has 0 aliphatic heterocycles. The molecule has 8 aromatic carbocycles. The van der Waals surface area contributed by atoms with Crippen LogP contribution in [0.3, 0.4) is 0 Å². The van der Waals surface area contributed by atoms with Crippen LogP contribution in [0.25, 0.3) is 110 Å². The lowest BCUT2D eigenvalue weighted by Gasteiger charge is -2.23. The Morgan fingerprint density at radius 2 is 0.806 bits per heavy atom. The number of para-hydroxylation sites is 4. The molecule has 0 fully saturated rings. The Kier molecular flexibility index (Phi) is 7.26. The van der Waals surface area contributed by atoms with E-state index in [4.69, 9.17) is 0 Å². The molecule has 12 aromatic rings. The number of aromatic nitrogens is 4. The predicted octanol–water partition coefficient (Wildman–Crippen LogP) is 13.6. The average Bonchev–Trinajstić information content (AvgIpc) is 4.00. The molecule has 294 valence electrons. The van der Waals surface area contributed by atoms with Gasteiger partial charge in [0.1, 0.15) is 5.56 Å². The summed E-state index contributed by atoms with van der Waals surface area (Å²) >= 11 is 0. The highest BCUT2D eigenvalue weighted by Gasteiger charge is 2.40. The van der Waals surface area contributed by atoms with Gasteiger partial charge in [-0.05, 0) is 77.9 Å². The van der Waals surface area contributed by atoms with E-state index in [9.17, 15) is 10.5 Å². The van der Waals surface area contributed by atoms with Crippen molar-refractivity contribution >= 4 is 87.2 Å². The fourth-order valence-corrected chi connectivity index (χ4v) is 10.2. The summed E-state index contributed by atoms with van der Waals surface area (Å²) in [6, 6.07) is 51.5. The van der Waals surface area contributed by atoms with Gasteiger partial charge >= 0.3 is 6.18 Å². The standard InChI is InChI=1S/C53H31F3N6/c1-59-40-15-7-5-13-38(40)48-44(59)21-19-36-34-11-3-9-17-42(34)61(51(36)48)46-26-33(32-24-30(28-57)23-31(25-32)29-58)27-47(50(46)53(54,55)56)62-43-18-10-4-12-35(43)37-20-22-45-49(52(37)62)39-14-6-8-16-41(39)60(45)2/h3-27H,1-2H3. The third-order valence-electron chi connectivity index (χ3n) is 12.8. The zero-order chi connectivity index (χ0) is 42.2. The van der Waals surface area contributed by atoms with Crippen LogP contribution in [0.5, 0.6) is 0 Å². The second-order valence-electron chi connectivity index (χ2n) is 16.0. The fraction of sp³-hybridized carbons (Fsp3) is 0.0566. The molecule has 0 atom stereocenters. The molecule has 0 bridgehead atoms. The predicted molar refractivity (Wildman–Crippen MR) is 243 cm³/mol. The highest BCUT2D eigenvalue weighted by atomic mass is 19.4. The van der Waals surface area contributed by atoms with Gasteiger partial charge in [0.2, 0.25) is 0 Å². The van der Waals surface area contributed by atoms with E-state index in [1.165, 1.54) is 6.07 Å². The Bertz CT molecular complexity index is 3780. The van der Waals surface area contributed by atoms with E-state index >= 15 is 13.2 Å². The van der Waals surface area contributed by atoms with Crippen molar-refractivity contribution in [2.45, 2.75) is 6.18 Å². The molecule has 62 heavy (non-hydrogen) atoms. The number of aryl methyl sites for hydroxylation is 2. The van der Waals surface area contributed by atoms with Crippen LogP contribution in [0.2, 0.25) is 0 Å². The van der Waals surface area contributed by atoms with Gasteiger partial charge in [-0.3, -0.25) is 0 Å². The molecule has 0 amide bonds. The van der Waals surface area contributed by atoms with Crippen molar-refractivity contribution < 1.29 is 13.2 Å². The summed E-state index contributed by atoms with van der Waals surface area (Å²) in [5.41, 5.74) is 6.55. The SMILES string of the molecule is Cn1c2ccccc2c2c1ccc1c3ccccc3n(-c3cc(-c4cc(C#N)cc(C#N)c4)cc(-n4c5ccccc5c5ccc6c(c7ccccc7n6C)c54)c3C(F)(F)F)c12. The van der Waals surface area contributed by atoms with Crippen LogP contribution in [0.15, 0.2) is 152 Å². The first-order chi connectivity index (χ1) is 30.2. The van der Waals surface area contributed by atoms with Crippen LogP contribution in [-0.2, 0) is 20.3 Å². The lowest BCUT2D eigenvalue weighted by molar-refractivity contribution is -0.137. The summed E-state index contributed by atoms with van der Waals surface area (Å²) in [5.74, 6) is 0. The van der Waals surface area contributed by atoms with Crippen molar-refractivity contribution in [3.05, 3.63) is 168 Å². The van der Waals surface area contributed by atoms with Crippen molar-refractivity contribution in [1.82, 2.24) is 18.3 Å². The molecule has 0 saturated carbocycles. The van der Waals surface area contributed by atoms with E-state index in [-0.39, 0.29) is 22.5 Å². The van der Waals surface area contributed by atoms with Gasteiger partial charge in [0.15, 0.2) is 0 Å². The summed E-state index contributed by atoms with van der Waals surface area (Å²) in [6.45, 7) is 0. The Morgan fingerprint density at radius 3 is 1.23 bits per heavy atom. The maximum atomic E-state index is 16.9. The lowest BCUT2D eigenvalue weighted by Crippen LogP contribution is -2.16. The van der Waals surface area contributed by atoms with Gasteiger partial charge in [-0.15, -0.1) is 0 Å². The Balaban J connectivity index is 1.36. The van der Waals surface area contributed by atoms with Gasteiger partial charge in [-0.2, -0.15) is 23.7 Å². The van der Waals surface area contributed by atoms with E-state index in [0.717, 1.165) is 65.2 Å². The van der Waals surface area contributed by atoms with Crippen LogP contribution >= 0.6 is 0 Å². The minimum Gasteiger partial charge on any atom is -0.344 e. The van der Waals surface area contributed by atoms with Crippen molar-refractivity contribution in [3.8, 4) is 34.6 Å². The number of benzene rings is 8. The summed E-state index contributed by atoms with van der Waals surface area (Å²) in [5, 5.41) is 27.0. The summed E-state index contributed by atoms with van der Waals surface area (Å²) < 4.78 is 58.4. The molecule has 0 unspecified atom stereocenters. The molecule has 6 nitrogen and oxygen atoms in total. The first-order valence-corrected chi connectivity index (χ1v) is 20.2. The first kappa shape index (κ1) is 35.7. The number of hydrogen-bond donors (Lipinski definition) is 0. The summed E-state index contributed by atoms with van der Waals surface area (Å²) in [6.07, 6.45) is -4.88. The highest BCUT2D eigenvalue weighted by Crippen LogP contribution is 2.49. The number of fused-ring (bicyclic) bond motifs is 14. The molecule has 0 aliphatic rings. The van der Waals surface area contributed by atoms with Gasteiger partial charge in [0.05, 0.1) is 67.7 Å². The Hall–Kier alpha value is -8.27. The van der Waals surface area contributed by atoms with Gasteiger partial charge < -0.3 is 18.3 Å². The maximum Gasteiger partial charge on any atom is 0.420 e. The number of alkyl halides is 3. The van der Waals surface area contributed by atoms with Gasteiger partial charge in [-0.25, -0.2) is 0 Å². The van der Waals surface area contributed by atoms with E-state index in [1.807, 2.05) is 135 Å². The second kappa shape index (κ2) is 12.6. The van der Waals surface area contributed by atoms with E-state index in [0.29, 0.717) is 33.2 Å². The Morgan fingerprint density at radius 1 is 0.419 bits per heavy atom. The average molecular weight is 809 g/mol. The van der Waals surface area contributed by atoms with Crippen LogP contribution < -0.4 is 0 Å². The number of nitrogens with zero attached hydrogens (tertiary/aromatic N) is 6. The molecule has 4 heterocycles. The molecule has 12 rings (SSSR count). The molecule has 0 N–H and O–H groups in total. The Labute approximate surface area is 351 Å². The van der Waals surface area contributed by atoms with E-state index in [2.05, 4.69) is 21.3 Å². The van der Waals surface area contributed by atoms with E-state index < -0.39 is 11.7 Å². The van der Waals surface area contributed by atoms with Gasteiger partial charge in [0.25, 0.3) is 0 Å². The molecular formula is C53H31F3N6. The smallest absolute Gasteiger partial charge is 0.344 e. The molecular weight excluding hydrogens is 778 g/mol. The van der Waals surface area contributed by atoms with Gasteiger partial charge in [-0.1, -0.05) is 84.9 Å². The van der Waals surface area contributed by atoms with Crippen molar-refractivity contribution in [2.24, 2.45) is 14.1 Å². The molecule has 0 spiro atoms. The first-order valence-electron chi connectivity index (χ1n) is 20.2. The summed E-state index contributed by atoms with van der Waals surface area (Å²) in [4.78, 5) is 0. The highest BCUT2D eigenvalue weighted by molar-refractivity contribution is 6.27. The number of nitriles is 2. The number of halogens is 3. The molecule has 0 radical (unpaired) electrons. The monoisotopic (exact) mass is 808 g/mol. The molecule has 0 saturated heterocycles. The normalized spacial score (nSPS) is 12.2. The second-order valence-corrected chi connectivity index (χ2v) is 16.0. The topological polar surface area (TPSA) is 67.3 Å². The number of rotatable bonds is 3. The minimum absolute atomic E-state index is 0.0754. The zero-order valence-electron chi connectivity index (χ0n) is 33.3. The third kappa shape index (κ3) is 4.73. The van der Waals surface area contributed by atoms with Crippen molar-refractivity contribution in [1.29, 1.82) is 10.5 Å². The third-order valence-corrected chi connectivity index (χ3v) is 12.8. The van der Waals surface area contributed by atoms with Crippen molar-refractivity contribution in [3.63, 3.8) is 0 Å². The molecule has 0 aliphatic carbocycles. The van der Waals surface area contributed by atoms with E-state index in [1.54, 1.807) is 33.4 Å². The molecule has 9 heteroatoms. The van der Waals surface area contributed by atoms with Gasteiger partial charge in [0, 0.05) is 68.2 Å². The van der Waals surface area contributed by atoms with Crippen LogP contribution in [0.1, 0.15) is 16.7 Å². The van der Waals surface area contributed by atoms with Crippen molar-refractivity contribution in [2.75, 3.05) is 0 Å². The van der Waals surface area contributed by atoms with Crippen LogP contribution in [-0.4, -0.2) is 18.3 Å². The lowest BCUT2D eigenvalue weighted by atomic mass is 9.96. The maximum absolute atomic E-state index is 16.9. The molecule has 4 aromatic heterocycles. The zero-order valence-corrected chi connectivity index (χ0v) is 33.3. The van der Waals surface area contributed by atoms with Crippen LogP contribution in [0.4, 0.5) is 13.2 Å². The fourth-order valence-electron chi connectivity index (χ4n) is 10.2. The largest absolute Gasteiger partial charge is 0.420 e. The number of hydrogen-bond acceptors (Lipinski definition) is 2.